The molecule has 158 valence electrons. The van der Waals surface area contributed by atoms with Crippen LogP contribution in [0.2, 0.25) is 0 Å². The molecular weight excluding hydrogens is 513 g/mol. The molecule has 1 aliphatic heterocycles. The van der Waals surface area contributed by atoms with Crippen LogP contribution in [0.25, 0.3) is 28.2 Å². The van der Waals surface area contributed by atoms with Crippen molar-refractivity contribution in [2.45, 2.75) is 13.3 Å². The van der Waals surface area contributed by atoms with Crippen LogP contribution < -0.4 is 10.5 Å². The van der Waals surface area contributed by atoms with E-state index in [0.29, 0.717) is 34.5 Å². The molecule has 0 saturated heterocycles. The Hall–Kier alpha value is -3.26. The van der Waals surface area contributed by atoms with Crippen LogP contribution >= 0.6 is 22.6 Å². The van der Waals surface area contributed by atoms with Crippen LogP contribution in [-0.2, 0) is 4.79 Å². The number of carbonyl (C=O) groups excluding carboxylic acids is 1. The summed E-state index contributed by atoms with van der Waals surface area (Å²) in [7, 11) is 0. The van der Waals surface area contributed by atoms with E-state index in [-0.39, 0.29) is 11.5 Å². The van der Waals surface area contributed by atoms with Gasteiger partial charge in [-0.2, -0.15) is 0 Å². The molecular formula is C26H20IN3O2. The normalized spacial score (nSPS) is 14.4. The molecule has 0 atom stereocenters. The lowest BCUT2D eigenvalue weighted by Crippen LogP contribution is -2.27. The molecule has 0 aliphatic carbocycles. The van der Waals surface area contributed by atoms with Crippen molar-refractivity contribution in [3.8, 4) is 5.69 Å². The molecule has 0 unspecified atom stereocenters. The van der Waals surface area contributed by atoms with E-state index in [1.54, 1.807) is 15.5 Å². The molecule has 0 bridgehead atoms. The number of hydrogen-bond donors (Lipinski definition) is 0. The Kier molecular flexibility index (Phi) is 5.38. The molecule has 0 spiro atoms. The first-order chi connectivity index (χ1) is 15.6. The summed E-state index contributed by atoms with van der Waals surface area (Å²) < 4.78 is 2.55. The Labute approximate surface area is 199 Å². The molecule has 5 rings (SSSR count). The van der Waals surface area contributed by atoms with Gasteiger partial charge < -0.3 is 4.90 Å². The molecule has 1 aromatic heterocycles. The number of anilines is 1. The van der Waals surface area contributed by atoms with E-state index < -0.39 is 0 Å². The van der Waals surface area contributed by atoms with E-state index in [9.17, 15) is 9.59 Å². The average Bonchev–Trinajstić information content (AvgIpc) is 3.07. The third-order valence-electron chi connectivity index (χ3n) is 5.55. The molecule has 32 heavy (non-hydrogen) atoms. The predicted octanol–water partition coefficient (Wildman–Crippen LogP) is 5.29. The van der Waals surface area contributed by atoms with Gasteiger partial charge in [-0.3, -0.25) is 14.2 Å². The molecule has 1 aliphatic rings. The van der Waals surface area contributed by atoms with E-state index in [0.717, 1.165) is 21.2 Å². The lowest BCUT2D eigenvalue weighted by molar-refractivity contribution is -0.113. The Bertz CT molecular complexity index is 1440. The number of fused-ring (bicyclic) bond motifs is 2. The smallest absolute Gasteiger partial charge is 0.266 e. The minimum absolute atomic E-state index is 0.0652. The topological polar surface area (TPSA) is 55.2 Å². The third-order valence-corrected chi connectivity index (χ3v) is 6.22. The van der Waals surface area contributed by atoms with Gasteiger partial charge in [-0.05, 0) is 71.5 Å². The molecule has 3 aromatic carbocycles. The first-order valence-corrected chi connectivity index (χ1v) is 11.6. The highest BCUT2D eigenvalue weighted by atomic mass is 127. The molecule has 2 heterocycles. The van der Waals surface area contributed by atoms with Gasteiger partial charge in [-0.25, -0.2) is 4.98 Å². The predicted molar refractivity (Wildman–Crippen MR) is 137 cm³/mol. The van der Waals surface area contributed by atoms with E-state index >= 15 is 0 Å². The molecule has 0 N–H and O–H groups in total. The van der Waals surface area contributed by atoms with Crippen LogP contribution in [0.3, 0.4) is 0 Å². The van der Waals surface area contributed by atoms with Gasteiger partial charge in [0.05, 0.1) is 27.9 Å². The summed E-state index contributed by atoms with van der Waals surface area (Å²) in [4.78, 5) is 33.5. The molecule has 5 nitrogen and oxygen atoms in total. The van der Waals surface area contributed by atoms with Crippen molar-refractivity contribution >= 4 is 56.7 Å². The standard InChI is InChI=1S/C26H20IN3O2/c1-2-14-29-23-11-7-6-10-19(23)20(25(29)31)16-24-28-22-13-12-17(27)15-21(22)26(32)30(24)18-8-4-3-5-9-18/h3-13,15-16H,2,14H2,1H3. The monoisotopic (exact) mass is 533 g/mol. The van der Waals surface area contributed by atoms with Gasteiger partial charge in [-0.15, -0.1) is 0 Å². The van der Waals surface area contributed by atoms with Crippen molar-refractivity contribution in [2.75, 3.05) is 11.4 Å². The number of nitrogens with zero attached hydrogens (tertiary/aromatic N) is 3. The highest BCUT2D eigenvalue weighted by Crippen LogP contribution is 2.37. The van der Waals surface area contributed by atoms with Crippen LogP contribution in [0.4, 0.5) is 5.69 Å². The van der Waals surface area contributed by atoms with E-state index in [1.165, 1.54) is 0 Å². The molecule has 0 fully saturated rings. The zero-order valence-electron chi connectivity index (χ0n) is 17.5. The highest BCUT2D eigenvalue weighted by Gasteiger charge is 2.31. The summed E-state index contributed by atoms with van der Waals surface area (Å²) >= 11 is 2.19. The molecule has 4 aromatic rings. The summed E-state index contributed by atoms with van der Waals surface area (Å²) in [5.74, 6) is 0.371. The highest BCUT2D eigenvalue weighted by molar-refractivity contribution is 14.1. The molecule has 1 amide bonds. The van der Waals surface area contributed by atoms with Gasteiger partial charge in [0, 0.05) is 15.7 Å². The number of amides is 1. The number of rotatable bonds is 4. The second kappa shape index (κ2) is 8.35. The molecule has 0 radical (unpaired) electrons. The summed E-state index contributed by atoms with van der Waals surface area (Å²) in [5.41, 5.74) is 3.48. The van der Waals surface area contributed by atoms with Crippen molar-refractivity contribution < 1.29 is 4.79 Å². The third kappa shape index (κ3) is 3.44. The molecule has 0 saturated carbocycles. The second-order valence-electron chi connectivity index (χ2n) is 7.64. The maximum atomic E-state index is 13.6. The van der Waals surface area contributed by atoms with E-state index in [1.807, 2.05) is 72.8 Å². The van der Waals surface area contributed by atoms with Crippen molar-refractivity contribution in [2.24, 2.45) is 0 Å². The summed E-state index contributed by atoms with van der Waals surface area (Å²) in [6.07, 6.45) is 2.61. The number of halogens is 1. The van der Waals surface area contributed by atoms with E-state index in [2.05, 4.69) is 29.5 Å². The number of hydrogen-bond acceptors (Lipinski definition) is 3. The summed E-state index contributed by atoms with van der Waals surface area (Å²) in [6, 6.07) is 22.8. The molecule has 6 heteroatoms. The van der Waals surface area contributed by atoms with Gasteiger partial charge in [0.25, 0.3) is 11.5 Å². The van der Waals surface area contributed by atoms with Crippen molar-refractivity contribution in [1.29, 1.82) is 0 Å². The Balaban J connectivity index is 1.80. The largest absolute Gasteiger partial charge is 0.308 e. The number of aromatic nitrogens is 2. The minimum Gasteiger partial charge on any atom is -0.308 e. The zero-order valence-corrected chi connectivity index (χ0v) is 19.6. The first-order valence-electron chi connectivity index (χ1n) is 10.5. The average molecular weight is 533 g/mol. The van der Waals surface area contributed by atoms with Crippen LogP contribution in [0.5, 0.6) is 0 Å². The fourth-order valence-electron chi connectivity index (χ4n) is 4.12. The van der Waals surface area contributed by atoms with Crippen molar-refractivity contribution in [3.05, 3.63) is 98.1 Å². The minimum atomic E-state index is -0.157. The van der Waals surface area contributed by atoms with Crippen LogP contribution in [-0.4, -0.2) is 22.0 Å². The fourth-order valence-corrected chi connectivity index (χ4v) is 4.61. The lowest BCUT2D eigenvalue weighted by Gasteiger charge is -2.15. The number of benzene rings is 3. The zero-order chi connectivity index (χ0) is 22.2. The maximum absolute atomic E-state index is 13.6. The van der Waals surface area contributed by atoms with Gasteiger partial charge in [0.1, 0.15) is 5.82 Å². The lowest BCUT2D eigenvalue weighted by atomic mass is 10.1. The van der Waals surface area contributed by atoms with Crippen molar-refractivity contribution in [1.82, 2.24) is 9.55 Å². The maximum Gasteiger partial charge on any atom is 0.266 e. The van der Waals surface area contributed by atoms with Crippen LogP contribution in [0.1, 0.15) is 24.7 Å². The second-order valence-corrected chi connectivity index (χ2v) is 8.89. The van der Waals surface area contributed by atoms with E-state index in [4.69, 9.17) is 4.98 Å². The van der Waals surface area contributed by atoms with Crippen LogP contribution in [0.15, 0.2) is 77.6 Å². The van der Waals surface area contributed by atoms with Gasteiger partial charge >= 0.3 is 0 Å². The van der Waals surface area contributed by atoms with Gasteiger partial charge in [0.15, 0.2) is 0 Å². The van der Waals surface area contributed by atoms with Crippen LogP contribution in [0, 0.1) is 3.57 Å². The Morgan fingerprint density at radius 2 is 1.72 bits per heavy atom. The Morgan fingerprint density at radius 3 is 2.50 bits per heavy atom. The van der Waals surface area contributed by atoms with Crippen molar-refractivity contribution in [3.63, 3.8) is 0 Å². The SMILES string of the molecule is CCCN1C(=O)C(=Cc2nc3ccc(I)cc3c(=O)n2-c2ccccc2)c2ccccc21. The number of para-hydroxylation sites is 2. The number of carbonyl (C=O) groups is 1. The van der Waals surface area contributed by atoms with Gasteiger partial charge in [0.2, 0.25) is 0 Å². The Morgan fingerprint density at radius 1 is 0.969 bits per heavy atom. The van der Waals surface area contributed by atoms with Gasteiger partial charge in [-0.1, -0.05) is 43.3 Å². The first kappa shape index (κ1) is 20.6. The fraction of sp³-hybridized carbons (Fsp3) is 0.115. The summed E-state index contributed by atoms with van der Waals surface area (Å²) in [6.45, 7) is 2.69. The quantitative estimate of drug-likeness (QED) is 0.265. The summed E-state index contributed by atoms with van der Waals surface area (Å²) in [5, 5.41) is 0.550.